The fourth-order valence-corrected chi connectivity index (χ4v) is 3.45. The Labute approximate surface area is 174 Å². The molecule has 0 heterocycles. The normalized spacial score (nSPS) is 11.9. The van der Waals surface area contributed by atoms with Gasteiger partial charge in [0.15, 0.2) is 15.8 Å². The van der Waals surface area contributed by atoms with Crippen LogP contribution in [0.1, 0.15) is 30.5 Å². The molecular weight excluding hydrogens is 386 g/mol. The quantitative estimate of drug-likeness (QED) is 0.484. The van der Waals surface area contributed by atoms with E-state index in [-0.39, 0.29) is 0 Å². The van der Waals surface area contributed by atoms with Gasteiger partial charge in [0.2, 0.25) is 0 Å². The van der Waals surface area contributed by atoms with Crippen LogP contribution in [0, 0.1) is 6.92 Å². The van der Waals surface area contributed by atoms with E-state index in [2.05, 4.69) is 27.8 Å². The SMILES string of the molecule is CCNC(=NCc1ccc(C)cc1OCC)NCCc1ccc(S(C)(=O)=O)cc1. The summed E-state index contributed by atoms with van der Waals surface area (Å²) in [5, 5.41) is 6.58. The molecule has 0 saturated heterocycles. The smallest absolute Gasteiger partial charge is 0.191 e. The van der Waals surface area contributed by atoms with E-state index in [1.54, 1.807) is 12.1 Å². The minimum Gasteiger partial charge on any atom is -0.494 e. The van der Waals surface area contributed by atoms with E-state index >= 15 is 0 Å². The average Bonchev–Trinajstić information content (AvgIpc) is 2.67. The van der Waals surface area contributed by atoms with Crippen molar-refractivity contribution >= 4 is 15.8 Å². The Kier molecular flexibility index (Phi) is 8.51. The van der Waals surface area contributed by atoms with Crippen LogP contribution >= 0.6 is 0 Å². The predicted octanol–water partition coefficient (Wildman–Crippen LogP) is 3.10. The molecule has 2 N–H and O–H groups in total. The van der Waals surface area contributed by atoms with E-state index in [9.17, 15) is 8.42 Å². The van der Waals surface area contributed by atoms with Gasteiger partial charge in [-0.15, -0.1) is 0 Å². The fraction of sp³-hybridized carbons (Fsp3) is 0.409. The molecule has 0 fully saturated rings. The lowest BCUT2D eigenvalue weighted by atomic mass is 10.1. The molecule has 7 heteroatoms. The summed E-state index contributed by atoms with van der Waals surface area (Å²) >= 11 is 0. The highest BCUT2D eigenvalue weighted by Gasteiger charge is 2.07. The predicted molar refractivity (Wildman–Crippen MR) is 118 cm³/mol. The van der Waals surface area contributed by atoms with Crippen molar-refractivity contribution in [3.05, 3.63) is 59.2 Å². The molecule has 0 bridgehead atoms. The second-order valence-corrected chi connectivity index (χ2v) is 8.85. The van der Waals surface area contributed by atoms with Crippen molar-refractivity contribution in [1.29, 1.82) is 0 Å². The van der Waals surface area contributed by atoms with Crippen LogP contribution in [0.3, 0.4) is 0 Å². The highest BCUT2D eigenvalue weighted by molar-refractivity contribution is 7.90. The van der Waals surface area contributed by atoms with Crippen molar-refractivity contribution < 1.29 is 13.2 Å². The molecular formula is C22H31N3O3S. The van der Waals surface area contributed by atoms with E-state index in [1.165, 1.54) is 6.26 Å². The van der Waals surface area contributed by atoms with Gasteiger partial charge >= 0.3 is 0 Å². The molecule has 0 saturated carbocycles. The van der Waals surface area contributed by atoms with Crippen LogP contribution in [-0.4, -0.2) is 40.3 Å². The lowest BCUT2D eigenvalue weighted by Crippen LogP contribution is -2.38. The first-order valence-corrected chi connectivity index (χ1v) is 11.8. The summed E-state index contributed by atoms with van der Waals surface area (Å²) in [6.07, 6.45) is 1.98. The number of nitrogens with one attached hydrogen (secondary N) is 2. The molecule has 0 unspecified atom stereocenters. The van der Waals surface area contributed by atoms with Gasteiger partial charge in [-0.1, -0.05) is 24.3 Å². The van der Waals surface area contributed by atoms with Crippen molar-refractivity contribution in [2.45, 2.75) is 38.6 Å². The van der Waals surface area contributed by atoms with Gasteiger partial charge in [0.25, 0.3) is 0 Å². The van der Waals surface area contributed by atoms with Crippen molar-refractivity contribution in [1.82, 2.24) is 10.6 Å². The summed E-state index contributed by atoms with van der Waals surface area (Å²) in [5.41, 5.74) is 3.28. The van der Waals surface area contributed by atoms with E-state index in [0.717, 1.165) is 41.4 Å². The van der Waals surface area contributed by atoms with Crippen molar-refractivity contribution in [2.24, 2.45) is 4.99 Å². The van der Waals surface area contributed by atoms with Gasteiger partial charge in [-0.05, 0) is 56.5 Å². The molecule has 0 aliphatic rings. The number of nitrogens with zero attached hydrogens (tertiary/aromatic N) is 1. The van der Waals surface area contributed by atoms with Gasteiger partial charge in [0.05, 0.1) is 18.0 Å². The zero-order valence-corrected chi connectivity index (χ0v) is 18.5. The molecule has 0 aliphatic carbocycles. The Hall–Kier alpha value is -2.54. The van der Waals surface area contributed by atoms with E-state index in [4.69, 9.17) is 4.74 Å². The lowest BCUT2D eigenvalue weighted by molar-refractivity contribution is 0.336. The number of aliphatic imine (C=N–C) groups is 1. The van der Waals surface area contributed by atoms with Crippen LogP contribution in [0.25, 0.3) is 0 Å². The minimum atomic E-state index is -3.16. The largest absolute Gasteiger partial charge is 0.494 e. The number of hydrogen-bond donors (Lipinski definition) is 2. The molecule has 2 aromatic carbocycles. The van der Waals surface area contributed by atoms with Crippen LogP contribution in [0.2, 0.25) is 0 Å². The standard InChI is InChI=1S/C22H31N3O3S/c1-5-23-22(25-16-19-10-7-17(3)15-21(19)28-6-2)24-14-13-18-8-11-20(12-9-18)29(4,26)27/h7-12,15H,5-6,13-14,16H2,1-4H3,(H2,23,24,25). The van der Waals surface area contributed by atoms with Gasteiger partial charge in [0.1, 0.15) is 5.75 Å². The maximum atomic E-state index is 11.5. The first-order chi connectivity index (χ1) is 13.8. The molecule has 0 radical (unpaired) electrons. The van der Waals surface area contributed by atoms with Crippen molar-refractivity contribution in [3.8, 4) is 5.75 Å². The molecule has 6 nitrogen and oxygen atoms in total. The Morgan fingerprint density at radius 2 is 1.79 bits per heavy atom. The second kappa shape index (κ2) is 10.9. The number of guanidine groups is 1. The summed E-state index contributed by atoms with van der Waals surface area (Å²) in [5.74, 6) is 1.61. The second-order valence-electron chi connectivity index (χ2n) is 6.83. The van der Waals surface area contributed by atoms with Gasteiger partial charge in [-0.2, -0.15) is 0 Å². The summed E-state index contributed by atoms with van der Waals surface area (Å²) in [4.78, 5) is 5.01. The Morgan fingerprint density at radius 3 is 2.41 bits per heavy atom. The Balaban J connectivity index is 1.98. The van der Waals surface area contributed by atoms with Crippen molar-refractivity contribution in [3.63, 3.8) is 0 Å². The topological polar surface area (TPSA) is 79.8 Å². The summed E-state index contributed by atoms with van der Waals surface area (Å²) < 4.78 is 28.8. The van der Waals surface area contributed by atoms with Gasteiger partial charge in [-0.3, -0.25) is 0 Å². The van der Waals surface area contributed by atoms with Crippen LogP contribution in [0.5, 0.6) is 5.75 Å². The van der Waals surface area contributed by atoms with Crippen LogP contribution in [0.4, 0.5) is 0 Å². The minimum absolute atomic E-state index is 0.340. The summed E-state index contributed by atoms with van der Waals surface area (Å²) in [7, 11) is -3.16. The summed E-state index contributed by atoms with van der Waals surface area (Å²) in [6.45, 7) is 8.65. The molecule has 0 aromatic heterocycles. The zero-order valence-electron chi connectivity index (χ0n) is 17.7. The maximum absolute atomic E-state index is 11.5. The van der Waals surface area contributed by atoms with Gasteiger partial charge < -0.3 is 15.4 Å². The van der Waals surface area contributed by atoms with E-state index < -0.39 is 9.84 Å². The molecule has 29 heavy (non-hydrogen) atoms. The molecule has 158 valence electrons. The number of benzene rings is 2. The van der Waals surface area contributed by atoms with Crippen LogP contribution in [-0.2, 0) is 22.8 Å². The molecule has 0 aliphatic heterocycles. The third kappa shape index (κ3) is 7.42. The number of hydrogen-bond acceptors (Lipinski definition) is 4. The number of aryl methyl sites for hydroxylation is 1. The fourth-order valence-electron chi connectivity index (χ4n) is 2.82. The first-order valence-electron chi connectivity index (χ1n) is 9.87. The third-order valence-electron chi connectivity index (χ3n) is 4.33. The molecule has 2 rings (SSSR count). The third-order valence-corrected chi connectivity index (χ3v) is 5.46. The highest BCUT2D eigenvalue weighted by Crippen LogP contribution is 2.21. The molecule has 2 aromatic rings. The molecule has 0 atom stereocenters. The van der Waals surface area contributed by atoms with Crippen molar-refractivity contribution in [2.75, 3.05) is 26.0 Å². The van der Waals surface area contributed by atoms with E-state index in [0.29, 0.717) is 24.6 Å². The lowest BCUT2D eigenvalue weighted by Gasteiger charge is -2.13. The van der Waals surface area contributed by atoms with E-state index in [1.807, 2.05) is 39.0 Å². The number of ether oxygens (including phenoxy) is 1. The number of rotatable bonds is 9. The van der Waals surface area contributed by atoms with Gasteiger partial charge in [-0.25, -0.2) is 13.4 Å². The van der Waals surface area contributed by atoms with Crippen LogP contribution in [0.15, 0.2) is 52.4 Å². The monoisotopic (exact) mass is 417 g/mol. The molecule has 0 amide bonds. The first kappa shape index (κ1) is 22.7. The highest BCUT2D eigenvalue weighted by atomic mass is 32.2. The number of sulfone groups is 1. The maximum Gasteiger partial charge on any atom is 0.191 e. The molecule has 0 spiro atoms. The Morgan fingerprint density at radius 1 is 1.07 bits per heavy atom. The van der Waals surface area contributed by atoms with Crippen LogP contribution < -0.4 is 15.4 Å². The average molecular weight is 418 g/mol. The summed E-state index contributed by atoms with van der Waals surface area (Å²) in [6, 6.07) is 13.2. The zero-order chi connectivity index (χ0) is 21.3. The van der Waals surface area contributed by atoms with Gasteiger partial charge in [0, 0.05) is 24.9 Å². The Bertz CT molecular complexity index is 923.